The van der Waals surface area contributed by atoms with Crippen LogP contribution in [0.2, 0.25) is 10.0 Å². The molecular formula is C22H27Cl2N2O+. The van der Waals surface area contributed by atoms with Gasteiger partial charge in [0.1, 0.15) is 0 Å². The van der Waals surface area contributed by atoms with Crippen molar-refractivity contribution in [3.8, 4) is 0 Å². The maximum atomic E-state index is 12.9. The Hall–Kier alpha value is -1.55. The zero-order valence-corrected chi connectivity index (χ0v) is 17.2. The van der Waals surface area contributed by atoms with Crippen LogP contribution in [-0.4, -0.2) is 17.5 Å². The van der Waals surface area contributed by atoms with Gasteiger partial charge in [0.2, 0.25) is 0 Å². The number of rotatable bonds is 6. The normalized spacial score (nSPS) is 18.1. The lowest BCUT2D eigenvalue weighted by Crippen LogP contribution is -2.78. The SMILES string of the molecule is CC(NC(=O)C1([NH3+])CCCC1)C(Cc1ccc(Cl)cc1)c1ccc(Cl)cc1. The van der Waals surface area contributed by atoms with Gasteiger partial charge in [-0.3, -0.25) is 4.79 Å². The summed E-state index contributed by atoms with van der Waals surface area (Å²) in [5.74, 6) is 0.208. The third-order valence-electron chi connectivity index (χ3n) is 5.67. The summed E-state index contributed by atoms with van der Waals surface area (Å²) in [5.41, 5.74) is 6.09. The van der Waals surface area contributed by atoms with Gasteiger partial charge in [-0.2, -0.15) is 0 Å². The lowest BCUT2D eigenvalue weighted by atomic mass is 9.86. The average molecular weight is 406 g/mol. The number of amides is 1. The first kappa shape index (κ1) is 20.2. The average Bonchev–Trinajstić information content (AvgIpc) is 3.10. The molecule has 1 aliphatic rings. The largest absolute Gasteiger partial charge is 0.348 e. The Balaban J connectivity index is 1.80. The molecule has 2 aromatic rings. The minimum Gasteiger partial charge on any atom is -0.348 e. The summed E-state index contributed by atoms with van der Waals surface area (Å²) in [6, 6.07) is 15.8. The van der Waals surface area contributed by atoms with Crippen molar-refractivity contribution in [3.63, 3.8) is 0 Å². The number of halogens is 2. The van der Waals surface area contributed by atoms with Crippen molar-refractivity contribution < 1.29 is 10.5 Å². The molecular weight excluding hydrogens is 379 g/mol. The number of carbonyl (C=O) groups excluding carboxylic acids is 1. The molecule has 2 atom stereocenters. The van der Waals surface area contributed by atoms with Crippen molar-refractivity contribution in [3.05, 3.63) is 69.7 Å². The molecule has 27 heavy (non-hydrogen) atoms. The van der Waals surface area contributed by atoms with E-state index in [9.17, 15) is 4.79 Å². The Labute approximate surface area is 171 Å². The highest BCUT2D eigenvalue weighted by molar-refractivity contribution is 6.30. The van der Waals surface area contributed by atoms with E-state index in [4.69, 9.17) is 23.2 Å². The Morgan fingerprint density at radius 1 is 1.04 bits per heavy atom. The lowest BCUT2D eigenvalue weighted by molar-refractivity contribution is -0.456. The van der Waals surface area contributed by atoms with Gasteiger partial charge in [-0.25, -0.2) is 0 Å². The Kier molecular flexibility index (Phi) is 6.46. The van der Waals surface area contributed by atoms with Gasteiger partial charge in [-0.15, -0.1) is 0 Å². The highest BCUT2D eigenvalue weighted by Crippen LogP contribution is 2.29. The number of benzene rings is 2. The minimum atomic E-state index is -0.473. The van der Waals surface area contributed by atoms with Crippen molar-refractivity contribution in [2.75, 3.05) is 0 Å². The van der Waals surface area contributed by atoms with E-state index in [0.717, 1.165) is 42.7 Å². The van der Waals surface area contributed by atoms with Crippen molar-refractivity contribution >= 4 is 29.1 Å². The van der Waals surface area contributed by atoms with Crippen molar-refractivity contribution in [1.82, 2.24) is 5.32 Å². The van der Waals surface area contributed by atoms with Gasteiger partial charge in [-0.05, 0) is 61.6 Å². The van der Waals surface area contributed by atoms with Crippen LogP contribution in [0.15, 0.2) is 48.5 Å². The monoisotopic (exact) mass is 405 g/mol. The van der Waals surface area contributed by atoms with Gasteiger partial charge >= 0.3 is 0 Å². The van der Waals surface area contributed by atoms with Crippen molar-refractivity contribution in [2.45, 2.75) is 56.5 Å². The molecule has 4 N–H and O–H groups in total. The highest BCUT2D eigenvalue weighted by Gasteiger charge is 2.42. The Morgan fingerprint density at radius 3 is 2.11 bits per heavy atom. The van der Waals surface area contributed by atoms with Gasteiger partial charge in [0.25, 0.3) is 5.91 Å². The summed E-state index contributed by atoms with van der Waals surface area (Å²) in [6.45, 7) is 2.07. The molecule has 1 amide bonds. The maximum Gasteiger partial charge on any atom is 0.281 e. The second-order valence-corrected chi connectivity index (χ2v) is 8.61. The smallest absolute Gasteiger partial charge is 0.281 e. The molecule has 2 unspecified atom stereocenters. The number of hydrogen-bond acceptors (Lipinski definition) is 1. The van der Waals surface area contributed by atoms with Crippen LogP contribution in [0.1, 0.15) is 49.7 Å². The molecule has 0 radical (unpaired) electrons. The Morgan fingerprint density at radius 2 is 1.56 bits per heavy atom. The third-order valence-corrected chi connectivity index (χ3v) is 6.18. The molecule has 3 nitrogen and oxygen atoms in total. The fourth-order valence-electron chi connectivity index (χ4n) is 3.91. The van der Waals surface area contributed by atoms with Crippen LogP contribution < -0.4 is 11.1 Å². The molecule has 2 aromatic carbocycles. The second-order valence-electron chi connectivity index (χ2n) is 7.74. The third kappa shape index (κ3) is 5.04. The van der Waals surface area contributed by atoms with E-state index in [1.165, 1.54) is 5.56 Å². The second kappa shape index (κ2) is 8.64. The number of hydrogen-bond donors (Lipinski definition) is 2. The Bertz CT molecular complexity index is 768. The predicted molar refractivity (Wildman–Crippen MR) is 111 cm³/mol. The van der Waals surface area contributed by atoms with Gasteiger partial charge < -0.3 is 11.1 Å². The van der Waals surface area contributed by atoms with Crippen LogP contribution >= 0.6 is 23.2 Å². The van der Waals surface area contributed by atoms with Crippen LogP contribution in [0.25, 0.3) is 0 Å². The fraction of sp³-hybridized carbons (Fsp3) is 0.409. The van der Waals surface area contributed by atoms with E-state index in [1.807, 2.05) is 48.5 Å². The highest BCUT2D eigenvalue weighted by atomic mass is 35.5. The zero-order valence-electron chi connectivity index (χ0n) is 15.7. The zero-order chi connectivity index (χ0) is 19.4. The molecule has 0 aliphatic heterocycles. The van der Waals surface area contributed by atoms with Gasteiger partial charge in [0.05, 0.1) is 0 Å². The van der Waals surface area contributed by atoms with Gasteiger partial charge in [0, 0.05) is 34.8 Å². The molecule has 1 saturated carbocycles. The van der Waals surface area contributed by atoms with E-state index in [0.29, 0.717) is 5.02 Å². The molecule has 5 heteroatoms. The summed E-state index contributed by atoms with van der Waals surface area (Å²) < 4.78 is 0. The van der Waals surface area contributed by atoms with Crippen LogP contribution in [0.5, 0.6) is 0 Å². The lowest BCUT2D eigenvalue weighted by Gasteiger charge is -2.28. The first-order valence-corrected chi connectivity index (χ1v) is 10.3. The maximum absolute atomic E-state index is 12.9. The fourth-order valence-corrected chi connectivity index (χ4v) is 4.16. The molecule has 144 valence electrons. The van der Waals surface area contributed by atoms with Crippen LogP contribution in [0, 0.1) is 0 Å². The van der Waals surface area contributed by atoms with Crippen molar-refractivity contribution in [2.24, 2.45) is 0 Å². The summed E-state index contributed by atoms with van der Waals surface area (Å²) in [4.78, 5) is 12.9. The molecule has 0 aromatic heterocycles. The summed E-state index contributed by atoms with van der Waals surface area (Å²) in [5, 5.41) is 4.68. The van der Waals surface area contributed by atoms with Gasteiger partial charge in [0.15, 0.2) is 5.54 Å². The molecule has 0 heterocycles. The molecule has 1 aliphatic carbocycles. The quantitative estimate of drug-likeness (QED) is 0.735. The van der Waals surface area contributed by atoms with Crippen LogP contribution in [0.4, 0.5) is 0 Å². The van der Waals surface area contributed by atoms with Crippen molar-refractivity contribution in [1.29, 1.82) is 0 Å². The predicted octanol–water partition coefficient (Wildman–Crippen LogP) is 4.38. The van der Waals surface area contributed by atoms with E-state index in [1.54, 1.807) is 0 Å². The number of carbonyl (C=O) groups is 1. The molecule has 1 fully saturated rings. The molecule has 0 bridgehead atoms. The van der Waals surface area contributed by atoms with Crippen LogP contribution in [-0.2, 0) is 11.2 Å². The molecule has 0 saturated heterocycles. The molecule has 3 rings (SSSR count). The van der Waals surface area contributed by atoms with E-state index < -0.39 is 5.54 Å². The van der Waals surface area contributed by atoms with E-state index in [2.05, 4.69) is 18.0 Å². The summed E-state index contributed by atoms with van der Waals surface area (Å²) >= 11 is 12.1. The topological polar surface area (TPSA) is 56.7 Å². The number of quaternary nitrogens is 1. The van der Waals surface area contributed by atoms with Gasteiger partial charge in [-0.1, -0.05) is 47.5 Å². The minimum absolute atomic E-state index is 0.0198. The standard InChI is InChI=1S/C22H26Cl2N2O/c1-15(26-21(27)22(25)12-2-3-13-22)20(17-6-10-19(24)11-7-17)14-16-4-8-18(23)9-5-16/h4-11,15,20H,2-3,12-14,25H2,1H3,(H,26,27)/p+1. The first-order valence-electron chi connectivity index (χ1n) is 9.54. The summed E-state index contributed by atoms with van der Waals surface area (Å²) in [6.07, 6.45) is 4.71. The van der Waals surface area contributed by atoms with E-state index >= 15 is 0 Å². The number of nitrogens with one attached hydrogen (secondary N) is 1. The van der Waals surface area contributed by atoms with Crippen LogP contribution in [0.3, 0.4) is 0 Å². The first-order chi connectivity index (χ1) is 12.9. The summed E-state index contributed by atoms with van der Waals surface area (Å²) in [7, 11) is 0. The van der Waals surface area contributed by atoms with E-state index in [-0.39, 0.29) is 17.9 Å². The molecule has 0 spiro atoms.